The maximum atomic E-state index is 12.2. The molecule has 0 fully saturated rings. The molecule has 1 aromatic carbocycles. The molecule has 0 aliphatic carbocycles. The maximum Gasteiger partial charge on any atom is 0.271 e. The number of non-ortho nitro benzene ring substituents is 1. The van der Waals surface area contributed by atoms with Crippen LogP contribution in [0.2, 0.25) is 0 Å². The monoisotopic (exact) mass is 353 g/mol. The molecule has 122 valence electrons. The molecule has 2 N–H and O–H groups in total. The van der Waals surface area contributed by atoms with Crippen LogP contribution in [0, 0.1) is 10.1 Å². The largest absolute Gasteiger partial charge is 0.360 e. The van der Waals surface area contributed by atoms with Gasteiger partial charge in [0.1, 0.15) is 0 Å². The molecule has 10 heteroatoms. The first-order valence-electron chi connectivity index (χ1n) is 6.79. The topological polar surface area (TPSA) is 110 Å². The fourth-order valence-electron chi connectivity index (χ4n) is 1.63. The second kappa shape index (κ2) is 7.88. The normalized spacial score (nSPS) is 11.7. The van der Waals surface area contributed by atoms with Crippen molar-refractivity contribution in [3.8, 4) is 0 Å². The number of nitrogens with one attached hydrogen (secondary N) is 2. The summed E-state index contributed by atoms with van der Waals surface area (Å²) >= 11 is 2.66. The number of nitro benzene ring substituents is 1. The lowest BCUT2D eigenvalue weighted by Crippen LogP contribution is -2.22. The molecule has 0 aliphatic rings. The fraction of sp³-hybridized carbons (Fsp3) is 0.308. The molecule has 1 heterocycles. The molecule has 1 atom stereocenters. The van der Waals surface area contributed by atoms with E-state index in [1.165, 1.54) is 41.3 Å². The van der Waals surface area contributed by atoms with Crippen LogP contribution in [0.25, 0.3) is 0 Å². The van der Waals surface area contributed by atoms with Gasteiger partial charge in [-0.2, -0.15) is 0 Å². The SMILES string of the molecule is CCNc1nnc(SC(C)C(=O)Nc2cccc([N+](=O)[O-])c2)s1. The molecule has 2 aromatic rings. The van der Waals surface area contributed by atoms with E-state index in [0.29, 0.717) is 15.2 Å². The summed E-state index contributed by atoms with van der Waals surface area (Å²) in [5, 5.41) is 24.7. The molecule has 0 radical (unpaired) electrons. The molecule has 0 spiro atoms. The van der Waals surface area contributed by atoms with E-state index in [4.69, 9.17) is 0 Å². The molecule has 23 heavy (non-hydrogen) atoms. The number of benzene rings is 1. The van der Waals surface area contributed by atoms with Crippen molar-refractivity contribution in [3.05, 3.63) is 34.4 Å². The number of rotatable bonds is 7. The number of nitrogens with zero attached hydrogens (tertiary/aromatic N) is 3. The van der Waals surface area contributed by atoms with E-state index in [2.05, 4.69) is 20.8 Å². The lowest BCUT2D eigenvalue weighted by molar-refractivity contribution is -0.384. The predicted molar refractivity (Wildman–Crippen MR) is 91.1 cm³/mol. The highest BCUT2D eigenvalue weighted by Crippen LogP contribution is 2.29. The van der Waals surface area contributed by atoms with Gasteiger partial charge < -0.3 is 10.6 Å². The molecule has 2 rings (SSSR count). The van der Waals surface area contributed by atoms with Crippen LogP contribution in [-0.4, -0.2) is 32.8 Å². The highest BCUT2D eigenvalue weighted by molar-refractivity contribution is 8.02. The third-order valence-corrected chi connectivity index (χ3v) is 4.77. The zero-order valence-electron chi connectivity index (χ0n) is 12.5. The number of amides is 1. The van der Waals surface area contributed by atoms with Gasteiger partial charge in [0.15, 0.2) is 4.34 Å². The van der Waals surface area contributed by atoms with Crippen molar-refractivity contribution < 1.29 is 9.72 Å². The van der Waals surface area contributed by atoms with Crippen molar-refractivity contribution >= 4 is 45.5 Å². The molecular formula is C13H15N5O3S2. The number of hydrogen-bond acceptors (Lipinski definition) is 8. The number of carbonyl (C=O) groups is 1. The van der Waals surface area contributed by atoms with Gasteiger partial charge in [-0.1, -0.05) is 29.2 Å². The Balaban J connectivity index is 1.96. The third kappa shape index (κ3) is 4.89. The van der Waals surface area contributed by atoms with Gasteiger partial charge in [0.25, 0.3) is 5.69 Å². The van der Waals surface area contributed by atoms with Crippen molar-refractivity contribution in [2.45, 2.75) is 23.4 Å². The Hall–Kier alpha value is -2.20. The summed E-state index contributed by atoms with van der Waals surface area (Å²) in [6.45, 7) is 4.46. The number of anilines is 2. The van der Waals surface area contributed by atoms with Gasteiger partial charge in [0.05, 0.1) is 10.2 Å². The van der Waals surface area contributed by atoms with Gasteiger partial charge in [-0.3, -0.25) is 14.9 Å². The Labute approximate surface area is 140 Å². The molecule has 1 amide bonds. The number of nitro groups is 1. The Morgan fingerprint density at radius 2 is 2.26 bits per heavy atom. The van der Waals surface area contributed by atoms with Crippen molar-refractivity contribution in [1.82, 2.24) is 10.2 Å². The lowest BCUT2D eigenvalue weighted by atomic mass is 10.2. The summed E-state index contributed by atoms with van der Waals surface area (Å²) in [4.78, 5) is 22.4. The lowest BCUT2D eigenvalue weighted by Gasteiger charge is -2.10. The molecule has 0 aliphatic heterocycles. The molecule has 8 nitrogen and oxygen atoms in total. The van der Waals surface area contributed by atoms with E-state index >= 15 is 0 Å². The summed E-state index contributed by atoms with van der Waals surface area (Å²) in [5.74, 6) is -0.254. The van der Waals surface area contributed by atoms with Gasteiger partial charge in [-0.25, -0.2) is 0 Å². The van der Waals surface area contributed by atoms with Gasteiger partial charge in [-0.15, -0.1) is 10.2 Å². The van der Waals surface area contributed by atoms with E-state index in [9.17, 15) is 14.9 Å². The summed E-state index contributed by atoms with van der Waals surface area (Å²) in [6, 6.07) is 5.83. The third-order valence-electron chi connectivity index (χ3n) is 2.71. The average molecular weight is 353 g/mol. The summed E-state index contributed by atoms with van der Waals surface area (Å²) in [6.07, 6.45) is 0. The fourth-order valence-corrected chi connectivity index (χ4v) is 3.59. The minimum Gasteiger partial charge on any atom is -0.360 e. The quantitative estimate of drug-likeness (QED) is 0.447. The Kier molecular flexibility index (Phi) is 5.88. The summed E-state index contributed by atoms with van der Waals surface area (Å²) in [5.41, 5.74) is 0.324. The van der Waals surface area contributed by atoms with E-state index in [0.717, 1.165) is 6.54 Å². The predicted octanol–water partition coefficient (Wildman–Crippen LogP) is 3.00. The number of aromatic nitrogens is 2. The van der Waals surface area contributed by atoms with E-state index in [1.807, 2.05) is 6.92 Å². The van der Waals surface area contributed by atoms with Crippen molar-refractivity contribution in [2.24, 2.45) is 0 Å². The molecule has 0 bridgehead atoms. The zero-order chi connectivity index (χ0) is 16.8. The van der Waals surface area contributed by atoms with E-state index < -0.39 is 10.2 Å². The van der Waals surface area contributed by atoms with Crippen molar-refractivity contribution in [1.29, 1.82) is 0 Å². The Morgan fingerprint density at radius 3 is 2.96 bits per heavy atom. The first kappa shape index (κ1) is 17.2. The maximum absolute atomic E-state index is 12.2. The first-order chi connectivity index (χ1) is 11.0. The standard InChI is InChI=1S/C13H15N5O3S2/c1-3-14-12-16-17-13(23-12)22-8(2)11(19)15-9-5-4-6-10(7-9)18(20)21/h4-8H,3H2,1-2H3,(H,14,16)(H,15,19). The Bertz CT molecular complexity index is 706. The van der Waals surface area contributed by atoms with Crippen LogP contribution < -0.4 is 10.6 Å². The molecule has 1 aromatic heterocycles. The van der Waals surface area contributed by atoms with Crippen LogP contribution in [0.3, 0.4) is 0 Å². The second-order valence-electron chi connectivity index (χ2n) is 4.46. The van der Waals surface area contributed by atoms with Crippen molar-refractivity contribution in [3.63, 3.8) is 0 Å². The van der Waals surface area contributed by atoms with Crippen LogP contribution in [0.5, 0.6) is 0 Å². The molecule has 1 unspecified atom stereocenters. The minimum absolute atomic E-state index is 0.0671. The van der Waals surface area contributed by atoms with Crippen LogP contribution in [0.15, 0.2) is 28.6 Å². The Morgan fingerprint density at radius 1 is 1.48 bits per heavy atom. The summed E-state index contributed by atoms with van der Waals surface area (Å²) < 4.78 is 0.683. The molecular weight excluding hydrogens is 338 g/mol. The average Bonchev–Trinajstić information content (AvgIpc) is 2.95. The van der Waals surface area contributed by atoms with E-state index in [-0.39, 0.29) is 11.6 Å². The van der Waals surface area contributed by atoms with Crippen LogP contribution >= 0.6 is 23.1 Å². The van der Waals surface area contributed by atoms with E-state index in [1.54, 1.807) is 13.0 Å². The van der Waals surface area contributed by atoms with Gasteiger partial charge >= 0.3 is 0 Å². The second-order valence-corrected chi connectivity index (χ2v) is 7.03. The molecule has 0 saturated heterocycles. The summed E-state index contributed by atoms with van der Waals surface area (Å²) in [7, 11) is 0. The highest BCUT2D eigenvalue weighted by atomic mass is 32.2. The first-order valence-corrected chi connectivity index (χ1v) is 8.48. The highest BCUT2D eigenvalue weighted by Gasteiger charge is 2.18. The van der Waals surface area contributed by atoms with Crippen LogP contribution in [-0.2, 0) is 4.79 Å². The number of carbonyl (C=O) groups excluding carboxylic acids is 1. The van der Waals surface area contributed by atoms with Crippen LogP contribution in [0.4, 0.5) is 16.5 Å². The van der Waals surface area contributed by atoms with Crippen LogP contribution in [0.1, 0.15) is 13.8 Å². The molecule has 0 saturated carbocycles. The zero-order valence-corrected chi connectivity index (χ0v) is 14.1. The van der Waals surface area contributed by atoms with Gasteiger partial charge in [0.2, 0.25) is 11.0 Å². The van der Waals surface area contributed by atoms with Crippen molar-refractivity contribution in [2.75, 3.05) is 17.2 Å². The van der Waals surface area contributed by atoms with Gasteiger partial charge in [-0.05, 0) is 19.9 Å². The minimum atomic E-state index is -0.503. The number of hydrogen-bond donors (Lipinski definition) is 2. The smallest absolute Gasteiger partial charge is 0.271 e. The van der Waals surface area contributed by atoms with Gasteiger partial charge in [0, 0.05) is 24.4 Å². The number of thioether (sulfide) groups is 1.